The Labute approximate surface area is 196 Å². The van der Waals surface area contributed by atoms with Crippen LogP contribution in [0.3, 0.4) is 0 Å². The Bertz CT molecular complexity index is 1310. The van der Waals surface area contributed by atoms with Crippen molar-refractivity contribution >= 4 is 22.5 Å². The van der Waals surface area contributed by atoms with Gasteiger partial charge in [0.25, 0.3) is 5.91 Å². The number of aromatic nitrogens is 1. The number of carbonyl (C=O) groups is 1. The molecule has 0 saturated heterocycles. The van der Waals surface area contributed by atoms with Gasteiger partial charge in [-0.25, -0.2) is 0 Å². The lowest BCUT2D eigenvalue weighted by molar-refractivity contribution is -0.385. The average Bonchev–Trinajstić information content (AvgIpc) is 3.28. The first-order chi connectivity index (χ1) is 16.5. The number of nitrogens with zero attached hydrogens (tertiary/aromatic N) is 1. The number of amides is 1. The maximum Gasteiger partial charge on any atom is 0.311 e. The minimum atomic E-state index is -0.548. The number of carbonyl (C=O) groups excluding carboxylic acids is 1. The van der Waals surface area contributed by atoms with E-state index in [-0.39, 0.29) is 22.9 Å². The number of nitro groups is 1. The monoisotopic (exact) mass is 459 g/mol. The summed E-state index contributed by atoms with van der Waals surface area (Å²) in [6.07, 6.45) is 1.95. The van der Waals surface area contributed by atoms with E-state index in [9.17, 15) is 14.9 Å². The molecular formula is C26H25N3O5. The van der Waals surface area contributed by atoms with E-state index >= 15 is 0 Å². The van der Waals surface area contributed by atoms with E-state index < -0.39 is 10.8 Å². The van der Waals surface area contributed by atoms with Crippen molar-refractivity contribution in [2.75, 3.05) is 20.3 Å². The predicted molar refractivity (Wildman–Crippen MR) is 130 cm³/mol. The van der Waals surface area contributed by atoms with Crippen molar-refractivity contribution in [3.8, 4) is 11.5 Å². The van der Waals surface area contributed by atoms with Gasteiger partial charge in [-0.2, -0.15) is 0 Å². The molecule has 0 aliphatic carbocycles. The van der Waals surface area contributed by atoms with Crippen LogP contribution in [-0.4, -0.2) is 36.1 Å². The molecule has 1 amide bonds. The molecule has 0 saturated carbocycles. The van der Waals surface area contributed by atoms with Gasteiger partial charge < -0.3 is 19.8 Å². The summed E-state index contributed by atoms with van der Waals surface area (Å²) in [6, 6.07) is 19.9. The average molecular weight is 460 g/mol. The van der Waals surface area contributed by atoms with E-state index in [1.807, 2.05) is 54.7 Å². The third kappa shape index (κ3) is 4.71. The Morgan fingerprint density at radius 2 is 1.88 bits per heavy atom. The summed E-state index contributed by atoms with van der Waals surface area (Å²) in [6.45, 7) is 2.34. The van der Waals surface area contributed by atoms with Crippen molar-refractivity contribution in [3.05, 3.63) is 99.7 Å². The van der Waals surface area contributed by atoms with Gasteiger partial charge in [0.05, 0.1) is 18.6 Å². The lowest BCUT2D eigenvalue weighted by Crippen LogP contribution is -2.29. The maximum atomic E-state index is 13.0. The Hall–Kier alpha value is -4.33. The maximum absolute atomic E-state index is 13.0. The lowest BCUT2D eigenvalue weighted by Gasteiger charge is -2.19. The zero-order valence-corrected chi connectivity index (χ0v) is 18.9. The molecule has 1 atom stereocenters. The van der Waals surface area contributed by atoms with E-state index in [2.05, 4.69) is 10.3 Å². The Morgan fingerprint density at radius 1 is 1.12 bits per heavy atom. The molecular weight excluding hydrogens is 434 g/mol. The summed E-state index contributed by atoms with van der Waals surface area (Å²) in [7, 11) is 1.61. The van der Waals surface area contributed by atoms with Crippen molar-refractivity contribution < 1.29 is 19.2 Å². The van der Waals surface area contributed by atoms with E-state index in [1.54, 1.807) is 14.0 Å². The van der Waals surface area contributed by atoms with Crippen LogP contribution in [0.2, 0.25) is 0 Å². The van der Waals surface area contributed by atoms with Crippen molar-refractivity contribution in [2.45, 2.75) is 12.8 Å². The van der Waals surface area contributed by atoms with Gasteiger partial charge in [-0.05, 0) is 48.4 Å². The highest BCUT2D eigenvalue weighted by molar-refractivity contribution is 5.95. The summed E-state index contributed by atoms with van der Waals surface area (Å²) < 4.78 is 10.6. The van der Waals surface area contributed by atoms with Crippen LogP contribution in [0.5, 0.6) is 11.5 Å². The number of aromatic amines is 1. The van der Waals surface area contributed by atoms with Gasteiger partial charge in [0.2, 0.25) is 0 Å². The number of hydrogen-bond acceptors (Lipinski definition) is 5. The summed E-state index contributed by atoms with van der Waals surface area (Å²) in [5.41, 5.74) is 3.01. The molecule has 0 aliphatic rings. The molecule has 0 radical (unpaired) electrons. The Morgan fingerprint density at radius 3 is 2.59 bits per heavy atom. The molecule has 4 aromatic rings. The van der Waals surface area contributed by atoms with Gasteiger partial charge in [-0.15, -0.1) is 0 Å². The van der Waals surface area contributed by atoms with Gasteiger partial charge in [-0.1, -0.05) is 30.3 Å². The molecule has 4 rings (SSSR count). The first-order valence-electron chi connectivity index (χ1n) is 10.9. The fraction of sp³-hybridized carbons (Fsp3) is 0.192. The second-order valence-corrected chi connectivity index (χ2v) is 7.70. The van der Waals surface area contributed by atoms with E-state index in [1.165, 1.54) is 18.2 Å². The van der Waals surface area contributed by atoms with Crippen molar-refractivity contribution in [3.63, 3.8) is 0 Å². The van der Waals surface area contributed by atoms with Crippen molar-refractivity contribution in [2.24, 2.45) is 0 Å². The lowest BCUT2D eigenvalue weighted by atomic mass is 9.90. The molecule has 8 nitrogen and oxygen atoms in total. The number of fused-ring (bicyclic) bond motifs is 1. The third-order valence-electron chi connectivity index (χ3n) is 5.70. The van der Waals surface area contributed by atoms with Crippen LogP contribution < -0.4 is 14.8 Å². The van der Waals surface area contributed by atoms with Crippen LogP contribution in [0, 0.1) is 10.1 Å². The molecule has 0 spiro atoms. The zero-order chi connectivity index (χ0) is 24.1. The molecule has 0 fully saturated rings. The fourth-order valence-electron chi connectivity index (χ4n) is 4.00. The highest BCUT2D eigenvalue weighted by atomic mass is 16.6. The number of hydrogen-bond donors (Lipinski definition) is 2. The highest BCUT2D eigenvalue weighted by Crippen LogP contribution is 2.32. The minimum Gasteiger partial charge on any atom is -0.497 e. The zero-order valence-electron chi connectivity index (χ0n) is 18.9. The molecule has 0 bridgehead atoms. The third-order valence-corrected chi connectivity index (χ3v) is 5.70. The number of nitro benzene ring substituents is 1. The molecule has 3 aromatic carbocycles. The van der Waals surface area contributed by atoms with E-state index in [0.717, 1.165) is 27.8 Å². The van der Waals surface area contributed by atoms with Crippen molar-refractivity contribution in [1.29, 1.82) is 0 Å². The quantitative estimate of drug-likeness (QED) is 0.269. The van der Waals surface area contributed by atoms with Crippen LogP contribution in [0.25, 0.3) is 10.9 Å². The fourth-order valence-corrected chi connectivity index (χ4v) is 4.00. The molecule has 174 valence electrons. The topological polar surface area (TPSA) is 106 Å². The summed E-state index contributed by atoms with van der Waals surface area (Å²) in [4.78, 5) is 27.1. The first kappa shape index (κ1) is 22.8. The Kier molecular flexibility index (Phi) is 6.77. The SMILES string of the molecule is CCOc1ccc(C(=O)NCC(c2ccc(OC)cc2)c2c[nH]c3ccccc23)cc1[N+](=O)[O-]. The van der Waals surface area contributed by atoms with E-state index in [0.29, 0.717) is 13.2 Å². The molecule has 1 unspecified atom stereocenters. The number of methoxy groups -OCH3 is 1. The smallest absolute Gasteiger partial charge is 0.311 e. The molecule has 1 heterocycles. The number of ether oxygens (including phenoxy) is 2. The molecule has 8 heteroatoms. The minimum absolute atomic E-state index is 0.138. The molecule has 0 aliphatic heterocycles. The molecule has 1 aromatic heterocycles. The largest absolute Gasteiger partial charge is 0.497 e. The van der Waals surface area contributed by atoms with Gasteiger partial charge in [-0.3, -0.25) is 14.9 Å². The number of rotatable bonds is 9. The standard InChI is InChI=1S/C26H25N3O5/c1-3-34-25-13-10-18(14-24(25)29(31)32)26(30)28-15-21(17-8-11-19(33-2)12-9-17)22-16-27-23-7-5-4-6-20(22)23/h4-14,16,21,27H,3,15H2,1-2H3,(H,28,30). The number of nitrogens with one attached hydrogen (secondary N) is 2. The second kappa shape index (κ2) is 10.1. The molecule has 2 N–H and O–H groups in total. The van der Waals surface area contributed by atoms with Crippen LogP contribution in [0.1, 0.15) is 34.3 Å². The normalized spacial score (nSPS) is 11.7. The molecule has 34 heavy (non-hydrogen) atoms. The van der Waals surface area contributed by atoms with E-state index in [4.69, 9.17) is 9.47 Å². The van der Waals surface area contributed by atoms with Gasteiger partial charge >= 0.3 is 5.69 Å². The van der Waals surface area contributed by atoms with Crippen LogP contribution >= 0.6 is 0 Å². The van der Waals surface area contributed by atoms with Crippen LogP contribution in [-0.2, 0) is 0 Å². The number of benzene rings is 3. The summed E-state index contributed by atoms with van der Waals surface area (Å²) >= 11 is 0. The second-order valence-electron chi connectivity index (χ2n) is 7.70. The predicted octanol–water partition coefficient (Wildman–Crippen LogP) is 5.05. The van der Waals surface area contributed by atoms with Gasteiger partial charge in [0, 0.05) is 41.2 Å². The Balaban J connectivity index is 1.62. The number of para-hydroxylation sites is 1. The van der Waals surface area contributed by atoms with Crippen molar-refractivity contribution in [1.82, 2.24) is 10.3 Å². The van der Waals surface area contributed by atoms with Crippen LogP contribution in [0.4, 0.5) is 5.69 Å². The van der Waals surface area contributed by atoms with Crippen LogP contribution in [0.15, 0.2) is 72.9 Å². The summed E-state index contributed by atoms with van der Waals surface area (Å²) in [5.74, 6) is 0.333. The summed E-state index contributed by atoms with van der Waals surface area (Å²) in [5, 5.41) is 15.4. The first-order valence-corrected chi connectivity index (χ1v) is 10.9. The van der Waals surface area contributed by atoms with Gasteiger partial charge in [0.1, 0.15) is 5.75 Å². The number of H-pyrrole nitrogens is 1. The van der Waals surface area contributed by atoms with Gasteiger partial charge in [0.15, 0.2) is 5.75 Å². The highest BCUT2D eigenvalue weighted by Gasteiger charge is 2.22.